The van der Waals surface area contributed by atoms with Crippen molar-refractivity contribution in [2.75, 3.05) is 6.54 Å². The molecule has 10 heteroatoms. The zero-order chi connectivity index (χ0) is 25.3. The normalized spacial score (nSPS) is 19.8. The fourth-order valence-corrected chi connectivity index (χ4v) is 3.82. The van der Waals surface area contributed by atoms with Gasteiger partial charge >= 0.3 is 5.97 Å². The molecule has 0 aromatic heterocycles. The molecule has 6 N–H and O–H groups in total. The number of aliphatic hydroxyl groups excluding tert-OH is 1. The smallest absolute Gasteiger partial charge is 0.326 e. The number of carboxylic acids is 1. The molecule has 1 fully saturated rings. The first-order chi connectivity index (χ1) is 16.1. The summed E-state index contributed by atoms with van der Waals surface area (Å²) in [7, 11) is 0. The lowest BCUT2D eigenvalue weighted by Gasteiger charge is -2.29. The van der Waals surface area contributed by atoms with Crippen LogP contribution in [0.1, 0.15) is 45.6 Å². The van der Waals surface area contributed by atoms with Crippen molar-refractivity contribution in [2.45, 2.75) is 76.7 Å². The third-order valence-electron chi connectivity index (χ3n) is 6.13. The van der Waals surface area contributed by atoms with E-state index in [1.54, 1.807) is 31.2 Å². The van der Waals surface area contributed by atoms with Crippen LogP contribution in [0.2, 0.25) is 0 Å². The van der Waals surface area contributed by atoms with Gasteiger partial charge in [0.2, 0.25) is 17.7 Å². The van der Waals surface area contributed by atoms with Crippen LogP contribution in [0.3, 0.4) is 0 Å². The minimum absolute atomic E-state index is 0.0871. The SMILES string of the molecule is CCC(C)C(NC(=O)C(NC(=O)C1CCCN1)C(C)O)C(=O)NC(Cc1ccccc1)C(=O)O. The summed E-state index contributed by atoms with van der Waals surface area (Å²) in [5.74, 6) is -3.26. The molecular formula is C24H36N4O6. The molecule has 2 rings (SSSR count). The molecule has 34 heavy (non-hydrogen) atoms. The second kappa shape index (κ2) is 13.0. The first-order valence-electron chi connectivity index (χ1n) is 11.7. The topological polar surface area (TPSA) is 157 Å². The second-order valence-corrected chi connectivity index (χ2v) is 8.84. The highest BCUT2D eigenvalue weighted by molar-refractivity contribution is 5.94. The molecule has 0 saturated carbocycles. The Hall–Kier alpha value is -2.98. The lowest BCUT2D eigenvalue weighted by atomic mass is 9.96. The summed E-state index contributed by atoms with van der Waals surface area (Å²) in [5, 5.41) is 30.5. The molecule has 6 unspecified atom stereocenters. The van der Waals surface area contributed by atoms with Gasteiger partial charge in [-0.25, -0.2) is 4.79 Å². The van der Waals surface area contributed by atoms with Crippen LogP contribution in [0.5, 0.6) is 0 Å². The van der Waals surface area contributed by atoms with Crippen LogP contribution in [-0.2, 0) is 25.6 Å². The van der Waals surface area contributed by atoms with Crippen LogP contribution in [0, 0.1) is 5.92 Å². The number of carbonyl (C=O) groups is 4. The molecule has 0 spiro atoms. The molecule has 0 aliphatic carbocycles. The van der Waals surface area contributed by atoms with E-state index in [1.165, 1.54) is 6.92 Å². The average molecular weight is 477 g/mol. The number of aliphatic carboxylic acids is 1. The molecular weight excluding hydrogens is 440 g/mol. The molecule has 188 valence electrons. The Kier molecular flexibility index (Phi) is 10.5. The van der Waals surface area contributed by atoms with Crippen LogP contribution < -0.4 is 21.3 Å². The summed E-state index contributed by atoms with van der Waals surface area (Å²) in [6.45, 7) is 5.68. The molecule has 0 bridgehead atoms. The fraction of sp³-hybridized carbons (Fsp3) is 0.583. The van der Waals surface area contributed by atoms with E-state index in [0.717, 1.165) is 12.0 Å². The Bertz CT molecular complexity index is 841. The summed E-state index contributed by atoms with van der Waals surface area (Å²) in [6, 6.07) is 5.00. The molecule has 6 atom stereocenters. The predicted molar refractivity (Wildman–Crippen MR) is 126 cm³/mol. The third kappa shape index (κ3) is 7.81. The maximum absolute atomic E-state index is 13.1. The molecule has 3 amide bonds. The summed E-state index contributed by atoms with van der Waals surface area (Å²) in [6.07, 6.45) is 0.899. The van der Waals surface area contributed by atoms with Gasteiger partial charge in [0.25, 0.3) is 0 Å². The van der Waals surface area contributed by atoms with Gasteiger partial charge in [-0.1, -0.05) is 50.6 Å². The van der Waals surface area contributed by atoms with Gasteiger partial charge in [0, 0.05) is 6.42 Å². The molecule has 1 aromatic rings. The van der Waals surface area contributed by atoms with Crippen molar-refractivity contribution in [3.63, 3.8) is 0 Å². The van der Waals surface area contributed by atoms with E-state index in [0.29, 0.717) is 19.4 Å². The molecule has 1 aliphatic heterocycles. The lowest BCUT2D eigenvalue weighted by Crippen LogP contribution is -2.61. The van der Waals surface area contributed by atoms with Gasteiger partial charge in [0.15, 0.2) is 0 Å². The van der Waals surface area contributed by atoms with Gasteiger partial charge in [-0.2, -0.15) is 0 Å². The third-order valence-corrected chi connectivity index (χ3v) is 6.13. The van der Waals surface area contributed by atoms with Gasteiger partial charge in [-0.15, -0.1) is 0 Å². The minimum atomic E-state index is -1.26. The van der Waals surface area contributed by atoms with Crippen LogP contribution >= 0.6 is 0 Å². The Morgan fingerprint density at radius 2 is 1.68 bits per heavy atom. The van der Waals surface area contributed by atoms with Crippen molar-refractivity contribution in [3.05, 3.63) is 35.9 Å². The monoisotopic (exact) mass is 476 g/mol. The zero-order valence-electron chi connectivity index (χ0n) is 19.9. The first kappa shape index (κ1) is 27.3. The van der Waals surface area contributed by atoms with E-state index in [9.17, 15) is 29.4 Å². The summed E-state index contributed by atoms with van der Waals surface area (Å²) in [5.41, 5.74) is 0.747. The Morgan fingerprint density at radius 1 is 1.03 bits per heavy atom. The van der Waals surface area contributed by atoms with Crippen molar-refractivity contribution in [1.29, 1.82) is 0 Å². The molecule has 0 radical (unpaired) electrons. The van der Waals surface area contributed by atoms with Crippen molar-refractivity contribution < 1.29 is 29.4 Å². The van der Waals surface area contributed by atoms with Crippen LogP contribution in [0.25, 0.3) is 0 Å². The van der Waals surface area contributed by atoms with Crippen LogP contribution in [0.4, 0.5) is 0 Å². The molecule has 1 aromatic carbocycles. The highest BCUT2D eigenvalue weighted by Gasteiger charge is 2.35. The number of nitrogens with one attached hydrogen (secondary N) is 4. The summed E-state index contributed by atoms with van der Waals surface area (Å²) < 4.78 is 0. The van der Waals surface area contributed by atoms with Crippen molar-refractivity contribution >= 4 is 23.7 Å². The maximum Gasteiger partial charge on any atom is 0.326 e. The number of rotatable bonds is 12. The Labute approximate surface area is 199 Å². The molecule has 1 heterocycles. The largest absolute Gasteiger partial charge is 0.480 e. The molecule has 10 nitrogen and oxygen atoms in total. The molecule has 1 saturated heterocycles. The van der Waals surface area contributed by atoms with Gasteiger partial charge in [-0.3, -0.25) is 14.4 Å². The van der Waals surface area contributed by atoms with E-state index in [-0.39, 0.29) is 12.3 Å². The van der Waals surface area contributed by atoms with Crippen LogP contribution in [0.15, 0.2) is 30.3 Å². The van der Waals surface area contributed by atoms with E-state index in [4.69, 9.17) is 0 Å². The highest BCUT2D eigenvalue weighted by Crippen LogP contribution is 2.11. The van der Waals surface area contributed by atoms with Crippen molar-refractivity contribution in [3.8, 4) is 0 Å². The second-order valence-electron chi connectivity index (χ2n) is 8.84. The van der Waals surface area contributed by atoms with Crippen molar-refractivity contribution in [2.24, 2.45) is 5.92 Å². The summed E-state index contributed by atoms with van der Waals surface area (Å²) >= 11 is 0. The number of amides is 3. The van der Waals surface area contributed by atoms with Gasteiger partial charge < -0.3 is 31.5 Å². The average Bonchev–Trinajstić information content (AvgIpc) is 3.35. The fourth-order valence-electron chi connectivity index (χ4n) is 3.82. The van der Waals surface area contributed by atoms with E-state index in [1.807, 2.05) is 13.0 Å². The highest BCUT2D eigenvalue weighted by atomic mass is 16.4. The lowest BCUT2D eigenvalue weighted by molar-refractivity contribution is -0.142. The number of carboxylic acid groups (broad SMARTS) is 1. The zero-order valence-corrected chi connectivity index (χ0v) is 19.9. The Balaban J connectivity index is 2.11. The number of carbonyl (C=O) groups excluding carboxylic acids is 3. The van der Waals surface area contributed by atoms with Gasteiger partial charge in [-0.05, 0) is 37.8 Å². The van der Waals surface area contributed by atoms with Crippen LogP contribution in [-0.4, -0.2) is 70.7 Å². The van der Waals surface area contributed by atoms with E-state index < -0.39 is 54.0 Å². The number of hydrogen-bond acceptors (Lipinski definition) is 6. The summed E-state index contributed by atoms with van der Waals surface area (Å²) in [4.78, 5) is 50.3. The van der Waals surface area contributed by atoms with Gasteiger partial charge in [0.1, 0.15) is 18.1 Å². The van der Waals surface area contributed by atoms with E-state index >= 15 is 0 Å². The number of hydrogen-bond donors (Lipinski definition) is 6. The maximum atomic E-state index is 13.1. The minimum Gasteiger partial charge on any atom is -0.480 e. The Morgan fingerprint density at radius 3 is 2.21 bits per heavy atom. The number of benzene rings is 1. The predicted octanol–water partition coefficient (Wildman–Crippen LogP) is -0.0530. The molecule has 1 aliphatic rings. The number of aliphatic hydroxyl groups is 1. The van der Waals surface area contributed by atoms with Crippen molar-refractivity contribution in [1.82, 2.24) is 21.3 Å². The quantitative estimate of drug-likeness (QED) is 0.247. The standard InChI is InChI=1S/C24H36N4O6/c1-4-14(2)19(22(31)26-18(24(33)34)13-16-9-6-5-7-10-16)27-23(32)20(15(3)29)28-21(30)17-11-8-12-25-17/h5-7,9-10,14-15,17-20,25,29H,4,8,11-13H2,1-3H3,(H,26,31)(H,27,32)(H,28,30)(H,33,34). The van der Waals surface area contributed by atoms with Gasteiger partial charge in [0.05, 0.1) is 12.1 Å². The van der Waals surface area contributed by atoms with E-state index in [2.05, 4.69) is 21.3 Å². The first-order valence-corrected chi connectivity index (χ1v) is 11.7.